The average Bonchev–Trinajstić information content (AvgIpc) is 3.02. The highest BCUT2D eigenvalue weighted by molar-refractivity contribution is 8.00. The summed E-state index contributed by atoms with van der Waals surface area (Å²) >= 11 is 1.53. The van der Waals surface area contributed by atoms with Crippen LogP contribution in [0.4, 0.5) is 11.4 Å². The van der Waals surface area contributed by atoms with Crippen LogP contribution in [0, 0.1) is 0 Å². The minimum atomic E-state index is -0.188. The topological polar surface area (TPSA) is 49.4 Å². The standard InChI is InChI=1S/C19H20N2O2S/c1-14(24-17-6-3-2-4-7-17)19(23)20-15-9-11-16(12-10-15)21-13-5-8-18(21)22/h2-4,6-7,9-12,14H,5,8,13H2,1H3,(H,20,23)/t14-/m0/s1. The van der Waals surface area contributed by atoms with Gasteiger partial charge >= 0.3 is 0 Å². The molecule has 1 fully saturated rings. The number of carbonyl (C=O) groups is 2. The van der Waals surface area contributed by atoms with Crippen molar-refractivity contribution in [1.82, 2.24) is 0 Å². The van der Waals surface area contributed by atoms with E-state index in [2.05, 4.69) is 5.32 Å². The van der Waals surface area contributed by atoms with Crippen molar-refractivity contribution >= 4 is 35.0 Å². The zero-order chi connectivity index (χ0) is 16.9. The summed E-state index contributed by atoms with van der Waals surface area (Å²) in [5.74, 6) is 0.133. The average molecular weight is 340 g/mol. The van der Waals surface area contributed by atoms with Gasteiger partial charge in [0.15, 0.2) is 0 Å². The Labute approximate surface area is 146 Å². The second-order valence-corrected chi connectivity index (χ2v) is 7.17. The van der Waals surface area contributed by atoms with Gasteiger partial charge in [0.25, 0.3) is 0 Å². The first kappa shape index (κ1) is 16.6. The molecule has 1 heterocycles. The lowest BCUT2D eigenvalue weighted by Gasteiger charge is -2.16. The molecule has 1 atom stereocenters. The molecule has 0 radical (unpaired) electrons. The molecule has 1 aliphatic rings. The molecule has 3 rings (SSSR count). The lowest BCUT2D eigenvalue weighted by molar-refractivity contribution is -0.117. The van der Waals surface area contributed by atoms with Gasteiger partial charge in [-0.25, -0.2) is 0 Å². The van der Waals surface area contributed by atoms with E-state index in [-0.39, 0.29) is 17.1 Å². The summed E-state index contributed by atoms with van der Waals surface area (Å²) in [6.07, 6.45) is 1.53. The van der Waals surface area contributed by atoms with Crippen LogP contribution >= 0.6 is 11.8 Å². The van der Waals surface area contributed by atoms with Crippen LogP contribution in [-0.4, -0.2) is 23.6 Å². The Morgan fingerprint density at radius 2 is 1.83 bits per heavy atom. The Kier molecular flexibility index (Phi) is 5.20. The normalized spacial score (nSPS) is 15.4. The van der Waals surface area contributed by atoms with Gasteiger partial charge < -0.3 is 10.2 Å². The summed E-state index contributed by atoms with van der Waals surface area (Å²) in [7, 11) is 0. The van der Waals surface area contributed by atoms with Crippen molar-refractivity contribution in [1.29, 1.82) is 0 Å². The summed E-state index contributed by atoms with van der Waals surface area (Å²) in [4.78, 5) is 26.9. The molecular formula is C19H20N2O2S. The number of rotatable bonds is 5. The van der Waals surface area contributed by atoms with E-state index < -0.39 is 0 Å². The van der Waals surface area contributed by atoms with Crippen LogP contribution in [0.1, 0.15) is 19.8 Å². The Hall–Kier alpha value is -2.27. The summed E-state index contributed by atoms with van der Waals surface area (Å²) in [6, 6.07) is 17.3. The minimum absolute atomic E-state index is 0.0335. The van der Waals surface area contributed by atoms with Crippen LogP contribution in [0.15, 0.2) is 59.5 Å². The number of anilines is 2. The van der Waals surface area contributed by atoms with Crippen molar-refractivity contribution in [2.24, 2.45) is 0 Å². The van der Waals surface area contributed by atoms with Crippen molar-refractivity contribution in [3.05, 3.63) is 54.6 Å². The maximum Gasteiger partial charge on any atom is 0.237 e. The minimum Gasteiger partial charge on any atom is -0.325 e. The Balaban J connectivity index is 1.59. The molecule has 4 nitrogen and oxygen atoms in total. The number of nitrogens with one attached hydrogen (secondary N) is 1. The van der Waals surface area contributed by atoms with E-state index in [1.165, 1.54) is 11.8 Å². The number of amides is 2. The molecule has 1 saturated heterocycles. The molecule has 0 unspecified atom stereocenters. The van der Waals surface area contributed by atoms with Crippen LogP contribution in [0.5, 0.6) is 0 Å². The van der Waals surface area contributed by atoms with E-state index in [1.54, 1.807) is 4.90 Å². The predicted molar refractivity (Wildman–Crippen MR) is 98.4 cm³/mol. The maximum absolute atomic E-state index is 12.3. The maximum atomic E-state index is 12.3. The van der Waals surface area contributed by atoms with Crippen LogP contribution < -0.4 is 10.2 Å². The lowest BCUT2D eigenvalue weighted by Crippen LogP contribution is -2.24. The first-order chi connectivity index (χ1) is 11.6. The molecule has 2 amide bonds. The molecule has 0 saturated carbocycles. The highest BCUT2D eigenvalue weighted by Gasteiger charge is 2.21. The first-order valence-corrected chi connectivity index (χ1v) is 8.94. The second kappa shape index (κ2) is 7.53. The van der Waals surface area contributed by atoms with Crippen molar-refractivity contribution in [2.45, 2.75) is 29.9 Å². The highest BCUT2D eigenvalue weighted by atomic mass is 32.2. The molecule has 24 heavy (non-hydrogen) atoms. The van der Waals surface area contributed by atoms with E-state index in [4.69, 9.17) is 0 Å². The van der Waals surface area contributed by atoms with Crippen molar-refractivity contribution in [3.63, 3.8) is 0 Å². The van der Waals surface area contributed by atoms with Gasteiger partial charge in [-0.05, 0) is 49.7 Å². The summed E-state index contributed by atoms with van der Waals surface area (Å²) < 4.78 is 0. The molecule has 0 aliphatic carbocycles. The van der Waals surface area contributed by atoms with Gasteiger partial charge in [-0.1, -0.05) is 18.2 Å². The fraction of sp³-hybridized carbons (Fsp3) is 0.263. The van der Waals surface area contributed by atoms with E-state index in [0.717, 1.165) is 29.2 Å². The number of benzene rings is 2. The number of thioether (sulfide) groups is 1. The molecule has 1 aliphatic heterocycles. The molecule has 0 aromatic heterocycles. The van der Waals surface area contributed by atoms with Gasteiger partial charge in [-0.2, -0.15) is 0 Å². The third kappa shape index (κ3) is 3.97. The van der Waals surface area contributed by atoms with Crippen LogP contribution in [0.3, 0.4) is 0 Å². The molecule has 2 aromatic carbocycles. The second-order valence-electron chi connectivity index (χ2n) is 5.76. The molecule has 1 N–H and O–H groups in total. The molecule has 124 valence electrons. The zero-order valence-corrected chi connectivity index (χ0v) is 14.4. The summed E-state index contributed by atoms with van der Waals surface area (Å²) in [5, 5.41) is 2.74. The lowest BCUT2D eigenvalue weighted by atomic mass is 10.2. The molecule has 2 aromatic rings. The Bertz CT molecular complexity index is 716. The van der Waals surface area contributed by atoms with E-state index in [1.807, 2.05) is 61.5 Å². The van der Waals surface area contributed by atoms with Gasteiger partial charge in [0.2, 0.25) is 11.8 Å². The van der Waals surface area contributed by atoms with Gasteiger partial charge in [0.1, 0.15) is 0 Å². The third-order valence-electron chi connectivity index (χ3n) is 3.95. The van der Waals surface area contributed by atoms with Gasteiger partial charge in [0.05, 0.1) is 5.25 Å². The van der Waals surface area contributed by atoms with E-state index in [0.29, 0.717) is 6.42 Å². The Morgan fingerprint density at radius 3 is 2.46 bits per heavy atom. The first-order valence-electron chi connectivity index (χ1n) is 8.06. The van der Waals surface area contributed by atoms with Crippen molar-refractivity contribution in [3.8, 4) is 0 Å². The monoisotopic (exact) mass is 340 g/mol. The van der Waals surface area contributed by atoms with Gasteiger partial charge in [0, 0.05) is 29.2 Å². The smallest absolute Gasteiger partial charge is 0.237 e. The van der Waals surface area contributed by atoms with Gasteiger partial charge in [-0.3, -0.25) is 9.59 Å². The van der Waals surface area contributed by atoms with Crippen molar-refractivity contribution < 1.29 is 9.59 Å². The van der Waals surface area contributed by atoms with E-state index >= 15 is 0 Å². The third-order valence-corrected chi connectivity index (χ3v) is 5.06. The van der Waals surface area contributed by atoms with Crippen LogP contribution in [-0.2, 0) is 9.59 Å². The summed E-state index contributed by atoms with van der Waals surface area (Å²) in [6.45, 7) is 2.67. The number of hydrogen-bond acceptors (Lipinski definition) is 3. The summed E-state index contributed by atoms with van der Waals surface area (Å²) in [5.41, 5.74) is 1.64. The fourth-order valence-corrected chi connectivity index (χ4v) is 3.53. The molecule has 0 spiro atoms. The SMILES string of the molecule is C[C@H](Sc1ccccc1)C(=O)Nc1ccc(N2CCCC2=O)cc1. The van der Waals surface area contributed by atoms with E-state index in [9.17, 15) is 9.59 Å². The number of nitrogens with zero attached hydrogens (tertiary/aromatic N) is 1. The highest BCUT2D eigenvalue weighted by Crippen LogP contribution is 2.25. The molecular weight excluding hydrogens is 320 g/mol. The quantitative estimate of drug-likeness (QED) is 0.839. The molecule has 0 bridgehead atoms. The van der Waals surface area contributed by atoms with Gasteiger partial charge in [-0.15, -0.1) is 11.8 Å². The van der Waals surface area contributed by atoms with Crippen LogP contribution in [0.25, 0.3) is 0 Å². The van der Waals surface area contributed by atoms with Crippen LogP contribution in [0.2, 0.25) is 0 Å². The zero-order valence-electron chi connectivity index (χ0n) is 13.6. The predicted octanol–water partition coefficient (Wildman–Crippen LogP) is 3.93. The Morgan fingerprint density at radius 1 is 1.12 bits per heavy atom. The largest absolute Gasteiger partial charge is 0.325 e. The van der Waals surface area contributed by atoms with Crippen molar-refractivity contribution in [2.75, 3.05) is 16.8 Å². The fourth-order valence-electron chi connectivity index (χ4n) is 2.65. The number of hydrogen-bond donors (Lipinski definition) is 1. The molecule has 5 heteroatoms. The number of carbonyl (C=O) groups excluding carboxylic acids is 2.